The number of pyridine rings is 1. The zero-order valence-electron chi connectivity index (χ0n) is 15.9. The number of aromatic amines is 1. The minimum Gasteiger partial charge on any atom is -0.336 e. The lowest BCUT2D eigenvalue weighted by Gasteiger charge is -2.35. The fraction of sp³-hybridized carbons (Fsp3) is 0.450. The topological polar surface area (TPSA) is 76.7 Å². The zero-order valence-corrected chi connectivity index (χ0v) is 16.8. The van der Waals surface area contributed by atoms with Gasteiger partial charge in [-0.05, 0) is 35.5 Å². The van der Waals surface area contributed by atoms with Gasteiger partial charge in [-0.25, -0.2) is 0 Å². The Morgan fingerprint density at radius 3 is 2.57 bits per heavy atom. The lowest BCUT2D eigenvalue weighted by atomic mass is 9.95. The normalized spacial score (nSPS) is 17.5. The summed E-state index contributed by atoms with van der Waals surface area (Å²) >= 11 is 1.49. The van der Waals surface area contributed by atoms with Crippen LogP contribution < -0.4 is 5.56 Å². The van der Waals surface area contributed by atoms with E-state index in [0.717, 1.165) is 30.8 Å². The molecule has 1 fully saturated rings. The van der Waals surface area contributed by atoms with Gasteiger partial charge in [0.1, 0.15) is 5.56 Å². The molecule has 0 unspecified atom stereocenters. The summed E-state index contributed by atoms with van der Waals surface area (Å²) in [4.78, 5) is 46.8. The Labute approximate surface area is 167 Å². The van der Waals surface area contributed by atoms with Crippen molar-refractivity contribution >= 4 is 23.2 Å². The first-order chi connectivity index (χ1) is 13.6. The SMILES string of the molecule is CCN1CCN(C(=O)c2c3c(c[nH]c2=O)CN(C(=O)c2ccsc2)CC3)CC1. The van der Waals surface area contributed by atoms with E-state index in [0.29, 0.717) is 38.2 Å². The van der Waals surface area contributed by atoms with E-state index in [4.69, 9.17) is 0 Å². The van der Waals surface area contributed by atoms with Gasteiger partial charge < -0.3 is 19.7 Å². The van der Waals surface area contributed by atoms with E-state index in [1.54, 1.807) is 16.0 Å². The molecule has 2 amide bonds. The van der Waals surface area contributed by atoms with Crippen LogP contribution in [0.1, 0.15) is 38.8 Å². The fourth-order valence-corrected chi connectivity index (χ4v) is 4.59. The van der Waals surface area contributed by atoms with E-state index >= 15 is 0 Å². The number of rotatable bonds is 3. The molecule has 1 saturated heterocycles. The Balaban J connectivity index is 1.56. The van der Waals surface area contributed by atoms with Gasteiger partial charge in [-0.15, -0.1) is 0 Å². The zero-order chi connectivity index (χ0) is 19.7. The van der Waals surface area contributed by atoms with E-state index in [-0.39, 0.29) is 22.9 Å². The molecule has 148 valence electrons. The minimum absolute atomic E-state index is 0.0123. The van der Waals surface area contributed by atoms with Gasteiger partial charge in [0.2, 0.25) is 0 Å². The highest BCUT2D eigenvalue weighted by Crippen LogP contribution is 2.23. The van der Waals surface area contributed by atoms with Gasteiger partial charge in [-0.1, -0.05) is 6.92 Å². The van der Waals surface area contributed by atoms with Gasteiger partial charge in [0, 0.05) is 50.8 Å². The van der Waals surface area contributed by atoms with Crippen molar-refractivity contribution in [3.05, 3.63) is 55.6 Å². The van der Waals surface area contributed by atoms with Crippen molar-refractivity contribution in [2.75, 3.05) is 39.3 Å². The minimum atomic E-state index is -0.334. The molecular weight excluding hydrogens is 376 g/mol. The highest BCUT2D eigenvalue weighted by Gasteiger charge is 2.30. The molecule has 1 N–H and O–H groups in total. The molecule has 7 nitrogen and oxygen atoms in total. The number of likely N-dealkylation sites (N-methyl/N-ethyl adjacent to an activating group) is 1. The highest BCUT2D eigenvalue weighted by atomic mass is 32.1. The number of piperazine rings is 1. The average Bonchev–Trinajstić information content (AvgIpc) is 3.27. The van der Waals surface area contributed by atoms with Crippen LogP contribution in [0, 0.1) is 0 Å². The molecular formula is C20H24N4O3S. The summed E-state index contributed by atoms with van der Waals surface area (Å²) in [5.41, 5.74) is 2.25. The van der Waals surface area contributed by atoms with Crippen LogP contribution in [0.15, 0.2) is 27.8 Å². The number of H-pyrrole nitrogens is 1. The lowest BCUT2D eigenvalue weighted by Crippen LogP contribution is -2.50. The highest BCUT2D eigenvalue weighted by molar-refractivity contribution is 7.08. The first-order valence-electron chi connectivity index (χ1n) is 9.65. The van der Waals surface area contributed by atoms with E-state index in [1.165, 1.54) is 11.3 Å². The standard InChI is InChI=1S/C20H24N4O3S/c1-2-22-6-8-23(9-7-22)20(27)17-16-3-5-24(12-15(16)11-21-18(17)25)19(26)14-4-10-28-13-14/h4,10-11,13H,2-3,5-9,12H2,1H3,(H,21,25). The monoisotopic (exact) mass is 400 g/mol. The smallest absolute Gasteiger partial charge is 0.261 e. The Morgan fingerprint density at radius 2 is 1.89 bits per heavy atom. The predicted octanol–water partition coefficient (Wildman–Crippen LogP) is 1.41. The Morgan fingerprint density at radius 1 is 1.11 bits per heavy atom. The second-order valence-corrected chi connectivity index (χ2v) is 7.99. The van der Waals surface area contributed by atoms with Crippen molar-refractivity contribution < 1.29 is 9.59 Å². The third kappa shape index (κ3) is 3.49. The number of amides is 2. The average molecular weight is 401 g/mol. The van der Waals surface area contributed by atoms with Gasteiger partial charge in [0.15, 0.2) is 0 Å². The summed E-state index contributed by atoms with van der Waals surface area (Å²) in [5.74, 6) is -0.201. The summed E-state index contributed by atoms with van der Waals surface area (Å²) in [6, 6.07) is 1.82. The van der Waals surface area contributed by atoms with Crippen molar-refractivity contribution in [2.45, 2.75) is 19.9 Å². The number of nitrogens with zero attached hydrogens (tertiary/aromatic N) is 3. The third-order valence-electron chi connectivity index (χ3n) is 5.66. The summed E-state index contributed by atoms with van der Waals surface area (Å²) in [6.07, 6.45) is 2.17. The molecule has 0 aromatic carbocycles. The molecule has 2 aliphatic rings. The van der Waals surface area contributed by atoms with Crippen LogP contribution in [-0.2, 0) is 13.0 Å². The van der Waals surface area contributed by atoms with Crippen molar-refractivity contribution in [1.29, 1.82) is 0 Å². The number of carbonyl (C=O) groups is 2. The molecule has 2 aromatic rings. The Kier molecular flexibility index (Phi) is 5.32. The molecule has 4 rings (SSSR count). The molecule has 0 spiro atoms. The Bertz CT molecular complexity index is 929. The summed E-state index contributed by atoms with van der Waals surface area (Å²) in [6.45, 7) is 6.93. The molecule has 8 heteroatoms. The molecule has 2 aliphatic heterocycles. The third-order valence-corrected chi connectivity index (χ3v) is 6.35. The fourth-order valence-electron chi connectivity index (χ4n) is 3.96. The number of thiophene rings is 1. The van der Waals surface area contributed by atoms with Crippen molar-refractivity contribution in [3.8, 4) is 0 Å². The van der Waals surface area contributed by atoms with Gasteiger partial charge >= 0.3 is 0 Å². The van der Waals surface area contributed by atoms with Gasteiger partial charge in [-0.3, -0.25) is 14.4 Å². The number of hydrogen-bond donors (Lipinski definition) is 1. The predicted molar refractivity (Wildman–Crippen MR) is 108 cm³/mol. The number of fused-ring (bicyclic) bond motifs is 1. The lowest BCUT2D eigenvalue weighted by molar-refractivity contribution is 0.0639. The number of aromatic nitrogens is 1. The summed E-state index contributed by atoms with van der Waals surface area (Å²) < 4.78 is 0. The quantitative estimate of drug-likeness (QED) is 0.845. The van der Waals surface area contributed by atoms with Crippen molar-refractivity contribution in [3.63, 3.8) is 0 Å². The van der Waals surface area contributed by atoms with Crippen molar-refractivity contribution in [2.24, 2.45) is 0 Å². The van der Waals surface area contributed by atoms with Crippen LogP contribution >= 0.6 is 11.3 Å². The summed E-state index contributed by atoms with van der Waals surface area (Å²) in [7, 11) is 0. The van der Waals surface area contributed by atoms with Gasteiger partial charge in [0.25, 0.3) is 17.4 Å². The van der Waals surface area contributed by atoms with Crippen LogP contribution in [0.5, 0.6) is 0 Å². The second-order valence-electron chi connectivity index (χ2n) is 7.21. The largest absolute Gasteiger partial charge is 0.336 e. The van der Waals surface area contributed by atoms with E-state index in [2.05, 4.69) is 16.8 Å². The van der Waals surface area contributed by atoms with E-state index in [9.17, 15) is 14.4 Å². The molecule has 4 heterocycles. The molecule has 0 aliphatic carbocycles. The van der Waals surface area contributed by atoms with Crippen molar-refractivity contribution in [1.82, 2.24) is 19.7 Å². The molecule has 28 heavy (non-hydrogen) atoms. The number of carbonyl (C=O) groups excluding carboxylic acids is 2. The molecule has 2 aromatic heterocycles. The Hall–Kier alpha value is -2.45. The van der Waals surface area contributed by atoms with Crippen LogP contribution in [-0.4, -0.2) is 70.8 Å². The maximum atomic E-state index is 13.1. The number of nitrogens with one attached hydrogen (secondary N) is 1. The van der Waals surface area contributed by atoms with Crippen LogP contribution in [0.4, 0.5) is 0 Å². The molecule has 0 radical (unpaired) electrons. The van der Waals surface area contributed by atoms with Gasteiger partial charge in [-0.2, -0.15) is 11.3 Å². The van der Waals surface area contributed by atoms with E-state index < -0.39 is 0 Å². The molecule has 0 atom stereocenters. The molecule has 0 saturated carbocycles. The van der Waals surface area contributed by atoms with Crippen LogP contribution in [0.25, 0.3) is 0 Å². The van der Waals surface area contributed by atoms with Crippen LogP contribution in [0.3, 0.4) is 0 Å². The number of hydrogen-bond acceptors (Lipinski definition) is 5. The first kappa shape index (κ1) is 18.9. The summed E-state index contributed by atoms with van der Waals surface area (Å²) in [5, 5.41) is 3.73. The van der Waals surface area contributed by atoms with E-state index in [1.807, 2.05) is 16.8 Å². The second kappa shape index (κ2) is 7.89. The maximum Gasteiger partial charge on any atom is 0.261 e. The van der Waals surface area contributed by atoms with Crippen LogP contribution in [0.2, 0.25) is 0 Å². The molecule has 0 bridgehead atoms. The first-order valence-corrected chi connectivity index (χ1v) is 10.6. The maximum absolute atomic E-state index is 13.1. The van der Waals surface area contributed by atoms with Gasteiger partial charge in [0.05, 0.1) is 5.56 Å².